The molecule has 0 saturated carbocycles. The first kappa shape index (κ1) is 24.1. The molecule has 9 heteroatoms. The number of hydrogen-bond acceptors (Lipinski definition) is 6. The van der Waals surface area contributed by atoms with E-state index < -0.39 is 23.8 Å². The number of hydrogen-bond donors (Lipinski definition) is 3. The van der Waals surface area contributed by atoms with Crippen LogP contribution in [0.1, 0.15) is 53.2 Å². The highest BCUT2D eigenvalue weighted by molar-refractivity contribution is 6.05. The Morgan fingerprint density at radius 2 is 1.89 bits per heavy atom. The number of nitrogens with zero attached hydrogens (tertiary/aromatic N) is 1. The number of nitrogens with one attached hydrogen (secondary N) is 2. The summed E-state index contributed by atoms with van der Waals surface area (Å²) in [5.74, 6) is -2.23. The lowest BCUT2D eigenvalue weighted by Crippen LogP contribution is -2.52. The van der Waals surface area contributed by atoms with Gasteiger partial charge in [-0.25, -0.2) is 0 Å². The molecule has 2 heterocycles. The van der Waals surface area contributed by atoms with Gasteiger partial charge in [-0.2, -0.15) is 0 Å². The van der Waals surface area contributed by atoms with Crippen molar-refractivity contribution in [3.8, 4) is 5.75 Å². The number of rotatable bonds is 9. The van der Waals surface area contributed by atoms with Gasteiger partial charge in [-0.15, -0.1) is 0 Å². The summed E-state index contributed by atoms with van der Waals surface area (Å²) >= 11 is 0. The third kappa shape index (κ3) is 5.08. The summed E-state index contributed by atoms with van der Waals surface area (Å²) in [6.45, 7) is 2.25. The Morgan fingerprint density at radius 3 is 2.54 bits per heavy atom. The minimum atomic E-state index is -0.979. The normalized spacial score (nSPS) is 18.1. The van der Waals surface area contributed by atoms with Crippen LogP contribution in [0.2, 0.25) is 0 Å². The monoisotopic (exact) mass is 477 g/mol. The zero-order chi connectivity index (χ0) is 25.1. The molecule has 3 amide bonds. The second kappa shape index (κ2) is 10.1. The molecule has 182 valence electrons. The van der Waals surface area contributed by atoms with Gasteiger partial charge in [0, 0.05) is 29.7 Å². The summed E-state index contributed by atoms with van der Waals surface area (Å²) in [4.78, 5) is 49.4. The number of aliphatic carboxylic acids is 1. The number of fused-ring (bicyclic) bond motifs is 1. The van der Waals surface area contributed by atoms with Gasteiger partial charge in [-0.3, -0.25) is 24.5 Å². The van der Waals surface area contributed by atoms with Crippen molar-refractivity contribution in [1.29, 1.82) is 5.41 Å². The first-order valence-corrected chi connectivity index (χ1v) is 11.6. The van der Waals surface area contributed by atoms with Gasteiger partial charge < -0.3 is 20.2 Å². The van der Waals surface area contributed by atoms with E-state index in [4.69, 9.17) is 10.1 Å². The van der Waals surface area contributed by atoms with Gasteiger partial charge in [0.2, 0.25) is 11.8 Å². The average molecular weight is 478 g/mol. The van der Waals surface area contributed by atoms with Crippen LogP contribution in [0.5, 0.6) is 5.75 Å². The SMILES string of the molecule is CCC(C(=N)Cc1ccc(COc2cccc3c2CN(C2CCC(=O)NC2=O)C3=O)cc1)C(=O)O. The van der Waals surface area contributed by atoms with Crippen LogP contribution in [0, 0.1) is 11.3 Å². The predicted molar refractivity (Wildman–Crippen MR) is 126 cm³/mol. The van der Waals surface area contributed by atoms with Gasteiger partial charge in [-0.1, -0.05) is 37.3 Å². The van der Waals surface area contributed by atoms with Crippen molar-refractivity contribution < 1.29 is 29.0 Å². The fourth-order valence-electron chi connectivity index (χ4n) is 4.52. The lowest BCUT2D eigenvalue weighted by Gasteiger charge is -2.29. The number of piperidine rings is 1. The standard InChI is InChI=1S/C26H27N3O6/c1-2-17(26(33)34)20(27)12-15-6-8-16(9-7-15)14-35-22-5-3-4-18-19(22)13-29(25(18)32)21-10-11-23(30)28-24(21)31/h3-9,17,21,27H,2,10-14H2,1H3,(H,33,34)(H,28,30,31). The van der Waals surface area contributed by atoms with Crippen molar-refractivity contribution in [2.24, 2.45) is 5.92 Å². The first-order chi connectivity index (χ1) is 16.8. The van der Waals surface area contributed by atoms with E-state index in [2.05, 4.69) is 5.32 Å². The van der Waals surface area contributed by atoms with Crippen molar-refractivity contribution in [1.82, 2.24) is 10.2 Å². The molecule has 2 aliphatic rings. The van der Waals surface area contributed by atoms with E-state index in [-0.39, 0.29) is 43.5 Å². The van der Waals surface area contributed by atoms with Crippen LogP contribution in [-0.2, 0) is 34.0 Å². The van der Waals surface area contributed by atoms with Gasteiger partial charge >= 0.3 is 5.97 Å². The van der Waals surface area contributed by atoms with E-state index in [0.717, 1.165) is 11.1 Å². The molecule has 0 aliphatic carbocycles. The number of carboxylic acids is 1. The number of amides is 3. The Bertz CT molecular complexity index is 1190. The van der Waals surface area contributed by atoms with Gasteiger partial charge in [0.05, 0.1) is 12.5 Å². The van der Waals surface area contributed by atoms with Crippen molar-refractivity contribution in [3.05, 3.63) is 64.7 Å². The molecule has 0 radical (unpaired) electrons. The summed E-state index contributed by atoms with van der Waals surface area (Å²) in [5, 5.41) is 19.6. The summed E-state index contributed by atoms with van der Waals surface area (Å²) in [5.41, 5.74) is 3.12. The molecule has 4 rings (SSSR count). The van der Waals surface area contributed by atoms with Crippen molar-refractivity contribution in [2.75, 3.05) is 0 Å². The molecule has 0 aromatic heterocycles. The number of benzene rings is 2. The molecule has 2 aliphatic heterocycles. The highest BCUT2D eigenvalue weighted by atomic mass is 16.5. The second-order valence-electron chi connectivity index (χ2n) is 8.79. The predicted octanol–water partition coefficient (Wildman–Crippen LogP) is 2.70. The molecule has 2 atom stereocenters. The molecule has 0 bridgehead atoms. The Morgan fingerprint density at radius 1 is 1.17 bits per heavy atom. The molecule has 3 N–H and O–H groups in total. The zero-order valence-electron chi connectivity index (χ0n) is 19.4. The van der Waals surface area contributed by atoms with Crippen LogP contribution in [0.15, 0.2) is 42.5 Å². The van der Waals surface area contributed by atoms with E-state index >= 15 is 0 Å². The van der Waals surface area contributed by atoms with Crippen molar-refractivity contribution in [3.63, 3.8) is 0 Å². The molecule has 1 saturated heterocycles. The maximum absolute atomic E-state index is 12.9. The molecular weight excluding hydrogens is 450 g/mol. The minimum Gasteiger partial charge on any atom is -0.489 e. The molecule has 9 nitrogen and oxygen atoms in total. The highest BCUT2D eigenvalue weighted by Gasteiger charge is 2.40. The van der Waals surface area contributed by atoms with Crippen LogP contribution in [-0.4, -0.2) is 45.5 Å². The molecule has 35 heavy (non-hydrogen) atoms. The smallest absolute Gasteiger partial charge is 0.312 e. The third-order valence-electron chi connectivity index (χ3n) is 6.48. The fourth-order valence-corrected chi connectivity index (χ4v) is 4.52. The van der Waals surface area contributed by atoms with E-state index in [0.29, 0.717) is 29.7 Å². The Balaban J connectivity index is 1.40. The highest BCUT2D eigenvalue weighted by Crippen LogP contribution is 2.34. The number of carbonyl (C=O) groups is 4. The van der Waals surface area contributed by atoms with E-state index in [1.54, 1.807) is 25.1 Å². The topological polar surface area (TPSA) is 137 Å². The minimum absolute atomic E-state index is 0.175. The summed E-state index contributed by atoms with van der Waals surface area (Å²) in [6, 6.07) is 12.0. The zero-order valence-corrected chi connectivity index (χ0v) is 19.4. The lowest BCUT2D eigenvalue weighted by molar-refractivity contribution is -0.140. The molecular formula is C26H27N3O6. The third-order valence-corrected chi connectivity index (χ3v) is 6.48. The number of imide groups is 1. The van der Waals surface area contributed by atoms with Crippen LogP contribution >= 0.6 is 0 Å². The molecule has 2 aromatic carbocycles. The van der Waals surface area contributed by atoms with Crippen LogP contribution in [0.3, 0.4) is 0 Å². The van der Waals surface area contributed by atoms with Gasteiger partial charge in [-0.05, 0) is 36.1 Å². The van der Waals surface area contributed by atoms with Crippen LogP contribution in [0.4, 0.5) is 0 Å². The Hall–Kier alpha value is -4.01. The Labute approximate surface area is 202 Å². The molecule has 1 fully saturated rings. The Kier molecular flexibility index (Phi) is 6.95. The largest absolute Gasteiger partial charge is 0.489 e. The van der Waals surface area contributed by atoms with Crippen molar-refractivity contribution in [2.45, 2.75) is 51.8 Å². The molecule has 0 spiro atoms. The van der Waals surface area contributed by atoms with Gasteiger partial charge in [0.25, 0.3) is 5.91 Å². The maximum atomic E-state index is 12.9. The summed E-state index contributed by atoms with van der Waals surface area (Å²) < 4.78 is 6.02. The number of ether oxygens (including phenoxy) is 1. The lowest BCUT2D eigenvalue weighted by atomic mass is 9.94. The quantitative estimate of drug-likeness (QED) is 0.375. The number of carboxylic acid groups (broad SMARTS) is 1. The van der Waals surface area contributed by atoms with Gasteiger partial charge in [0.1, 0.15) is 18.4 Å². The van der Waals surface area contributed by atoms with E-state index in [1.807, 2.05) is 24.3 Å². The molecule has 2 unspecified atom stereocenters. The molecule has 2 aromatic rings. The van der Waals surface area contributed by atoms with E-state index in [1.165, 1.54) is 4.90 Å². The van der Waals surface area contributed by atoms with Crippen LogP contribution < -0.4 is 10.1 Å². The first-order valence-electron chi connectivity index (χ1n) is 11.6. The summed E-state index contributed by atoms with van der Waals surface area (Å²) in [6.07, 6.45) is 1.15. The van der Waals surface area contributed by atoms with E-state index in [9.17, 15) is 24.3 Å². The number of carbonyl (C=O) groups excluding carboxylic acids is 3. The van der Waals surface area contributed by atoms with Gasteiger partial charge in [0.15, 0.2) is 0 Å². The fraction of sp³-hybridized carbons (Fsp3) is 0.346. The average Bonchev–Trinajstić information content (AvgIpc) is 3.15. The van der Waals surface area contributed by atoms with Crippen molar-refractivity contribution >= 4 is 29.4 Å². The second-order valence-corrected chi connectivity index (χ2v) is 8.79. The maximum Gasteiger partial charge on any atom is 0.312 e. The van der Waals surface area contributed by atoms with Crippen LogP contribution in [0.25, 0.3) is 0 Å². The summed E-state index contributed by atoms with van der Waals surface area (Å²) in [7, 11) is 0.